The third-order valence-electron chi connectivity index (χ3n) is 0.578. The van der Waals surface area contributed by atoms with Gasteiger partial charge in [0.15, 0.2) is 0 Å². The van der Waals surface area contributed by atoms with Gasteiger partial charge in [0.2, 0.25) is 0 Å². The number of rotatable bonds is 4. The van der Waals surface area contributed by atoms with Crippen molar-refractivity contribution in [2.24, 2.45) is 0 Å². The van der Waals surface area contributed by atoms with Crippen LogP contribution >= 0.6 is 31.9 Å². The molecule has 9 heavy (non-hydrogen) atoms. The van der Waals surface area contributed by atoms with Crippen molar-refractivity contribution in [1.29, 1.82) is 0 Å². The first-order chi connectivity index (χ1) is 4.20. The molecule has 2 N–H and O–H groups in total. The zero-order valence-electron chi connectivity index (χ0n) is 4.63. The molecule has 0 fully saturated rings. The van der Waals surface area contributed by atoms with Gasteiger partial charge in [-0.25, -0.2) is 0 Å². The molecular weight excluding hydrogens is 253 g/mol. The minimum absolute atomic E-state index is 0.303. The second-order valence-electron chi connectivity index (χ2n) is 1.35. The highest BCUT2D eigenvalue weighted by molar-refractivity contribution is 9.10. The van der Waals surface area contributed by atoms with Crippen molar-refractivity contribution in [1.82, 2.24) is 0 Å². The van der Waals surface area contributed by atoms with Gasteiger partial charge in [0, 0.05) is 10.5 Å². The van der Waals surface area contributed by atoms with Crippen LogP contribution in [0.25, 0.3) is 0 Å². The van der Waals surface area contributed by atoms with E-state index < -0.39 is 14.2 Å². The lowest BCUT2D eigenvalue weighted by Crippen LogP contribution is -2.32. The van der Waals surface area contributed by atoms with Crippen LogP contribution in [0.3, 0.4) is 0 Å². The number of halogens is 2. The van der Waals surface area contributed by atoms with Crippen LogP contribution in [-0.2, 0) is 4.57 Å². The SMILES string of the molecule is OB(CBr)OB(O)CBr. The lowest BCUT2D eigenvalue weighted by atomic mass is 9.86. The molecule has 0 heterocycles. The van der Waals surface area contributed by atoms with Crippen LogP contribution in [0.1, 0.15) is 0 Å². The van der Waals surface area contributed by atoms with Crippen LogP contribution in [0.2, 0.25) is 0 Å². The molecule has 0 aromatic rings. The summed E-state index contributed by atoms with van der Waals surface area (Å²) in [6.07, 6.45) is 0. The largest absolute Gasteiger partial charge is 0.451 e. The second-order valence-corrected chi connectivity index (χ2v) is 2.65. The van der Waals surface area contributed by atoms with E-state index in [-0.39, 0.29) is 0 Å². The molecule has 0 amide bonds. The zero-order chi connectivity index (χ0) is 7.28. The molecule has 0 rings (SSSR count). The van der Waals surface area contributed by atoms with Gasteiger partial charge in [-0.3, -0.25) is 0 Å². The molecule has 0 aliphatic carbocycles. The van der Waals surface area contributed by atoms with E-state index in [9.17, 15) is 0 Å². The molecule has 0 aliphatic heterocycles. The third kappa shape index (κ3) is 5.42. The Bertz CT molecular complexity index is 66.8. The highest BCUT2D eigenvalue weighted by atomic mass is 79.9. The lowest BCUT2D eigenvalue weighted by Gasteiger charge is -2.05. The van der Waals surface area contributed by atoms with E-state index >= 15 is 0 Å². The molecule has 7 heteroatoms. The fourth-order valence-electron chi connectivity index (χ4n) is 0.254. The maximum Gasteiger partial charge on any atom is 0.451 e. The van der Waals surface area contributed by atoms with Gasteiger partial charge >= 0.3 is 14.2 Å². The van der Waals surface area contributed by atoms with Gasteiger partial charge in [-0.2, -0.15) is 0 Å². The maximum absolute atomic E-state index is 8.71. The minimum Gasteiger partial charge on any atom is -0.450 e. The summed E-state index contributed by atoms with van der Waals surface area (Å²) in [6, 6.07) is 0. The summed E-state index contributed by atoms with van der Waals surface area (Å²) < 4.78 is 4.57. The van der Waals surface area contributed by atoms with E-state index in [1.165, 1.54) is 0 Å². The van der Waals surface area contributed by atoms with E-state index in [2.05, 4.69) is 36.4 Å². The standard InChI is InChI=1S/C2H6B2Br2O3/c5-1-3(7)9-4(8)2-6/h7-8H,1-2H2. The average molecular weight is 259 g/mol. The molecule has 0 bridgehead atoms. The molecule has 0 unspecified atom stereocenters. The fourth-order valence-corrected chi connectivity index (χ4v) is 0.559. The van der Waals surface area contributed by atoms with Crippen LogP contribution in [0.4, 0.5) is 0 Å². The smallest absolute Gasteiger partial charge is 0.450 e. The Labute approximate surface area is 71.3 Å². The molecule has 0 aromatic heterocycles. The van der Waals surface area contributed by atoms with E-state index in [4.69, 9.17) is 10.0 Å². The summed E-state index contributed by atoms with van der Waals surface area (Å²) in [7, 11) is -1.87. The summed E-state index contributed by atoms with van der Waals surface area (Å²) >= 11 is 5.94. The summed E-state index contributed by atoms with van der Waals surface area (Å²) in [6.45, 7) is 0. The molecule has 52 valence electrons. The Morgan fingerprint density at radius 1 is 1.11 bits per heavy atom. The van der Waals surface area contributed by atoms with Crippen molar-refractivity contribution in [2.75, 3.05) is 10.5 Å². The molecule has 0 aliphatic rings. The Hall–Kier alpha value is 0.970. The van der Waals surface area contributed by atoms with Crippen molar-refractivity contribution in [2.45, 2.75) is 0 Å². The van der Waals surface area contributed by atoms with Crippen molar-refractivity contribution in [3.8, 4) is 0 Å². The second kappa shape index (κ2) is 5.73. The highest BCUT2D eigenvalue weighted by Crippen LogP contribution is 1.92. The Morgan fingerprint density at radius 2 is 1.44 bits per heavy atom. The molecular formula is C2H6B2Br2O3. The normalized spacial score (nSPS) is 9.33. The van der Waals surface area contributed by atoms with Gasteiger partial charge in [-0.15, -0.1) is 0 Å². The van der Waals surface area contributed by atoms with Crippen molar-refractivity contribution in [3.63, 3.8) is 0 Å². The minimum atomic E-state index is -0.933. The summed E-state index contributed by atoms with van der Waals surface area (Å²) in [5.74, 6) is 0. The zero-order valence-corrected chi connectivity index (χ0v) is 7.80. The van der Waals surface area contributed by atoms with Crippen LogP contribution in [0.5, 0.6) is 0 Å². The number of alkyl halides is 2. The van der Waals surface area contributed by atoms with E-state index in [0.717, 1.165) is 0 Å². The van der Waals surface area contributed by atoms with Crippen molar-refractivity contribution >= 4 is 46.1 Å². The molecule has 0 atom stereocenters. The predicted octanol–water partition coefficient (Wildman–Crippen LogP) is -0.168. The van der Waals surface area contributed by atoms with Crippen molar-refractivity contribution < 1.29 is 14.6 Å². The first kappa shape index (κ1) is 9.97. The molecule has 0 saturated heterocycles. The fraction of sp³-hybridized carbons (Fsp3) is 1.00. The highest BCUT2D eigenvalue weighted by Gasteiger charge is 2.19. The van der Waals surface area contributed by atoms with Gasteiger partial charge in [-0.05, 0) is 0 Å². The van der Waals surface area contributed by atoms with Crippen LogP contribution in [0.15, 0.2) is 0 Å². The monoisotopic (exact) mass is 258 g/mol. The van der Waals surface area contributed by atoms with E-state index in [1.807, 2.05) is 0 Å². The van der Waals surface area contributed by atoms with Gasteiger partial charge in [0.05, 0.1) is 0 Å². The van der Waals surface area contributed by atoms with Gasteiger partial charge in [0.25, 0.3) is 0 Å². The third-order valence-corrected chi connectivity index (χ3v) is 1.69. The van der Waals surface area contributed by atoms with Crippen LogP contribution < -0.4 is 0 Å². The van der Waals surface area contributed by atoms with Crippen LogP contribution in [0, 0.1) is 0 Å². The molecule has 0 spiro atoms. The molecule has 0 aromatic carbocycles. The molecule has 0 saturated carbocycles. The van der Waals surface area contributed by atoms with Crippen molar-refractivity contribution in [3.05, 3.63) is 0 Å². The molecule has 3 nitrogen and oxygen atoms in total. The average Bonchev–Trinajstić information content (AvgIpc) is 1.87. The van der Waals surface area contributed by atoms with Gasteiger partial charge in [0.1, 0.15) is 0 Å². The number of hydrogen-bond donors (Lipinski definition) is 2. The predicted molar refractivity (Wildman–Crippen MR) is 44.6 cm³/mol. The Kier molecular flexibility index (Phi) is 6.35. The van der Waals surface area contributed by atoms with E-state index in [0.29, 0.717) is 10.5 Å². The first-order valence-electron chi connectivity index (χ1n) is 2.34. The van der Waals surface area contributed by atoms with Gasteiger partial charge < -0.3 is 14.6 Å². The summed E-state index contributed by atoms with van der Waals surface area (Å²) in [5, 5.41) is 18.0. The summed E-state index contributed by atoms with van der Waals surface area (Å²) in [4.78, 5) is 0. The quantitative estimate of drug-likeness (QED) is 0.544. The topological polar surface area (TPSA) is 49.7 Å². The first-order valence-corrected chi connectivity index (χ1v) is 4.58. The lowest BCUT2D eigenvalue weighted by molar-refractivity contribution is 0.366. The van der Waals surface area contributed by atoms with Crippen LogP contribution in [-0.4, -0.2) is 34.7 Å². The maximum atomic E-state index is 8.71. The van der Waals surface area contributed by atoms with Gasteiger partial charge in [-0.1, -0.05) is 31.9 Å². The molecule has 0 radical (unpaired) electrons. The number of hydrogen-bond acceptors (Lipinski definition) is 3. The Morgan fingerprint density at radius 3 is 1.67 bits per heavy atom. The summed E-state index contributed by atoms with van der Waals surface area (Å²) in [5.41, 5.74) is 0. The Balaban J connectivity index is 3.22. The van der Waals surface area contributed by atoms with E-state index in [1.54, 1.807) is 0 Å².